The number of hydrogen-bond donors (Lipinski definition) is 2. The summed E-state index contributed by atoms with van der Waals surface area (Å²) in [5.41, 5.74) is 0.742. The Morgan fingerprint density at radius 1 is 1.22 bits per heavy atom. The van der Waals surface area contributed by atoms with E-state index in [1.54, 1.807) is 13.2 Å². The van der Waals surface area contributed by atoms with Crippen LogP contribution in [-0.4, -0.2) is 43.3 Å². The number of aromatic hydroxyl groups is 1. The Morgan fingerprint density at radius 2 is 1.78 bits per heavy atom. The number of phenolic OH excluding ortho intramolecular Hbond substituents is 1. The minimum Gasteiger partial charge on any atom is -0.506 e. The summed E-state index contributed by atoms with van der Waals surface area (Å²) in [6.45, 7) is 10.3. The van der Waals surface area contributed by atoms with Crippen LogP contribution >= 0.6 is 36.4 Å². The zero-order chi connectivity index (χ0) is 15.6. The van der Waals surface area contributed by atoms with E-state index in [-0.39, 0.29) is 42.0 Å². The minimum absolute atomic E-state index is 0. The lowest BCUT2D eigenvalue weighted by Crippen LogP contribution is -2.48. The highest BCUT2D eigenvalue weighted by Crippen LogP contribution is 2.48. The Balaban J connectivity index is 0.00000242. The van der Waals surface area contributed by atoms with Crippen molar-refractivity contribution in [2.24, 2.45) is 5.41 Å². The van der Waals surface area contributed by atoms with Crippen molar-refractivity contribution in [3.05, 3.63) is 22.7 Å². The molecule has 2 N–H and O–H groups in total. The maximum Gasteiger partial charge on any atom is 0.142 e. The first-order chi connectivity index (χ1) is 9.86. The monoisotopic (exact) mass is 384 g/mol. The van der Waals surface area contributed by atoms with Crippen molar-refractivity contribution in [3.63, 3.8) is 0 Å². The van der Waals surface area contributed by atoms with Crippen LogP contribution in [-0.2, 0) is 0 Å². The van der Waals surface area contributed by atoms with Crippen LogP contribution in [0.4, 0.5) is 0 Å². The van der Waals surface area contributed by atoms with Crippen LogP contribution in [0, 0.1) is 5.41 Å². The zero-order valence-electron chi connectivity index (χ0n) is 14.1. The van der Waals surface area contributed by atoms with Crippen molar-refractivity contribution in [2.75, 3.05) is 33.3 Å². The van der Waals surface area contributed by atoms with E-state index < -0.39 is 0 Å². The Kier molecular flexibility index (Phi) is 9.03. The van der Waals surface area contributed by atoms with Crippen molar-refractivity contribution in [2.45, 2.75) is 26.8 Å². The molecule has 1 atom stereocenters. The van der Waals surface area contributed by atoms with Crippen LogP contribution in [0.5, 0.6) is 11.5 Å². The van der Waals surface area contributed by atoms with Gasteiger partial charge in [0.2, 0.25) is 0 Å². The van der Waals surface area contributed by atoms with E-state index in [1.165, 1.54) is 0 Å². The number of piperazine rings is 1. The highest BCUT2D eigenvalue weighted by molar-refractivity contribution is 6.32. The molecule has 0 spiro atoms. The Bertz CT molecular complexity index is 501. The smallest absolute Gasteiger partial charge is 0.142 e. The van der Waals surface area contributed by atoms with Crippen LogP contribution in [0.2, 0.25) is 5.02 Å². The summed E-state index contributed by atoms with van der Waals surface area (Å²) >= 11 is 6.14. The molecule has 134 valence electrons. The van der Waals surface area contributed by atoms with Crippen LogP contribution in [0.1, 0.15) is 32.4 Å². The lowest BCUT2D eigenvalue weighted by atomic mass is 9.80. The average Bonchev–Trinajstić information content (AvgIpc) is 2.44. The average molecular weight is 386 g/mol. The van der Waals surface area contributed by atoms with E-state index >= 15 is 0 Å². The van der Waals surface area contributed by atoms with E-state index in [0.717, 1.165) is 31.7 Å². The third-order valence-corrected chi connectivity index (χ3v) is 4.26. The first-order valence-electron chi connectivity index (χ1n) is 7.36. The van der Waals surface area contributed by atoms with Crippen molar-refractivity contribution in [3.8, 4) is 11.5 Å². The fraction of sp³-hybridized carbons (Fsp3) is 0.625. The quantitative estimate of drug-likeness (QED) is 0.828. The Labute approximate surface area is 156 Å². The van der Waals surface area contributed by atoms with Gasteiger partial charge in [0.1, 0.15) is 11.5 Å². The first-order valence-corrected chi connectivity index (χ1v) is 7.74. The van der Waals surface area contributed by atoms with Crippen molar-refractivity contribution >= 4 is 36.4 Å². The summed E-state index contributed by atoms with van der Waals surface area (Å²) < 4.78 is 5.49. The lowest BCUT2D eigenvalue weighted by Gasteiger charge is -2.43. The molecule has 0 aliphatic carbocycles. The van der Waals surface area contributed by atoms with Gasteiger partial charge < -0.3 is 15.2 Å². The molecule has 1 saturated heterocycles. The number of phenols is 1. The highest BCUT2D eigenvalue weighted by atomic mass is 35.5. The number of halogens is 3. The third-order valence-electron chi connectivity index (χ3n) is 3.96. The fourth-order valence-corrected chi connectivity index (χ4v) is 3.27. The standard InChI is InChI=1S/C16H25ClN2O2.2ClH/c1-16(2,3)15(19-9-7-18-8-10-19)13-12(21-4)6-5-11(17)14(13)20;;/h5-6,15,18,20H,7-10H2,1-4H3;2*1H/t15-;;/m1../s1. The summed E-state index contributed by atoms with van der Waals surface area (Å²) in [5, 5.41) is 14.3. The summed E-state index contributed by atoms with van der Waals surface area (Å²) in [6, 6.07) is 3.56. The molecule has 1 heterocycles. The van der Waals surface area contributed by atoms with E-state index in [9.17, 15) is 5.11 Å². The summed E-state index contributed by atoms with van der Waals surface area (Å²) in [6.07, 6.45) is 0. The molecule has 0 amide bonds. The van der Waals surface area contributed by atoms with Gasteiger partial charge in [0.05, 0.1) is 17.7 Å². The number of ether oxygens (including phenoxy) is 1. The van der Waals surface area contributed by atoms with Gasteiger partial charge in [-0.1, -0.05) is 32.4 Å². The lowest BCUT2D eigenvalue weighted by molar-refractivity contribution is 0.0821. The molecule has 0 aromatic heterocycles. The molecule has 1 aliphatic heterocycles. The maximum atomic E-state index is 10.5. The molecule has 7 heteroatoms. The van der Waals surface area contributed by atoms with Gasteiger partial charge in [0.15, 0.2) is 0 Å². The second kappa shape index (κ2) is 9.19. The van der Waals surface area contributed by atoms with Crippen molar-refractivity contribution in [1.29, 1.82) is 0 Å². The Morgan fingerprint density at radius 3 is 2.26 bits per heavy atom. The van der Waals surface area contributed by atoms with Crippen molar-refractivity contribution in [1.82, 2.24) is 10.2 Å². The normalized spacial score (nSPS) is 16.9. The maximum absolute atomic E-state index is 10.5. The van der Waals surface area contributed by atoms with Gasteiger partial charge in [-0.3, -0.25) is 4.90 Å². The molecule has 23 heavy (non-hydrogen) atoms. The summed E-state index contributed by atoms with van der Waals surface area (Å²) in [7, 11) is 1.63. The topological polar surface area (TPSA) is 44.7 Å². The van der Waals surface area contributed by atoms with Gasteiger partial charge in [0.25, 0.3) is 0 Å². The molecule has 0 radical (unpaired) electrons. The predicted octanol–water partition coefficient (Wildman–Crippen LogP) is 3.89. The number of rotatable bonds is 3. The largest absolute Gasteiger partial charge is 0.506 e. The molecule has 4 nitrogen and oxygen atoms in total. The summed E-state index contributed by atoms with van der Waals surface area (Å²) in [4.78, 5) is 2.39. The molecule has 0 unspecified atom stereocenters. The van der Waals surface area contributed by atoms with Gasteiger partial charge in [0, 0.05) is 32.2 Å². The van der Waals surface area contributed by atoms with Gasteiger partial charge in [-0.2, -0.15) is 0 Å². The molecule has 1 aromatic rings. The van der Waals surface area contributed by atoms with Crippen LogP contribution < -0.4 is 10.1 Å². The van der Waals surface area contributed by atoms with Gasteiger partial charge in [-0.25, -0.2) is 0 Å². The van der Waals surface area contributed by atoms with Crippen LogP contribution in [0.15, 0.2) is 12.1 Å². The number of methoxy groups -OCH3 is 1. The van der Waals surface area contributed by atoms with E-state index in [4.69, 9.17) is 16.3 Å². The molecule has 0 saturated carbocycles. The molecule has 1 aliphatic rings. The number of nitrogens with one attached hydrogen (secondary N) is 1. The fourth-order valence-electron chi connectivity index (χ4n) is 3.11. The molecule has 0 bridgehead atoms. The predicted molar refractivity (Wildman–Crippen MR) is 101 cm³/mol. The van der Waals surface area contributed by atoms with Gasteiger partial charge >= 0.3 is 0 Å². The third kappa shape index (κ3) is 5.04. The first kappa shape index (κ1) is 22.6. The SMILES string of the molecule is COc1ccc(Cl)c(O)c1[C@@H](N1CCNCC1)C(C)(C)C.Cl.Cl. The van der Waals surface area contributed by atoms with E-state index in [1.807, 2.05) is 6.07 Å². The van der Waals surface area contributed by atoms with Crippen LogP contribution in [0.25, 0.3) is 0 Å². The van der Waals surface area contributed by atoms with Crippen LogP contribution in [0.3, 0.4) is 0 Å². The minimum atomic E-state index is -0.0488. The molecule has 1 fully saturated rings. The van der Waals surface area contributed by atoms with E-state index in [2.05, 4.69) is 31.0 Å². The van der Waals surface area contributed by atoms with Crippen molar-refractivity contribution < 1.29 is 9.84 Å². The second-order valence-electron chi connectivity index (χ2n) is 6.57. The molecule has 1 aromatic carbocycles. The van der Waals surface area contributed by atoms with E-state index in [0.29, 0.717) is 10.8 Å². The number of hydrogen-bond acceptors (Lipinski definition) is 4. The molecular formula is C16H27Cl3N2O2. The zero-order valence-corrected chi connectivity index (χ0v) is 16.4. The second-order valence-corrected chi connectivity index (χ2v) is 6.97. The molecule has 2 rings (SSSR count). The number of benzene rings is 1. The molecular weight excluding hydrogens is 359 g/mol. The highest BCUT2D eigenvalue weighted by Gasteiger charge is 2.36. The van der Waals surface area contributed by atoms with Gasteiger partial charge in [-0.05, 0) is 17.5 Å². The summed E-state index contributed by atoms with van der Waals surface area (Å²) in [5.74, 6) is 0.824. The van der Waals surface area contributed by atoms with Gasteiger partial charge in [-0.15, -0.1) is 24.8 Å². The Hall–Kier alpha value is -0.390. The number of nitrogens with zero attached hydrogens (tertiary/aromatic N) is 1.